The first-order valence-corrected chi connectivity index (χ1v) is 10.6. The van der Waals surface area contributed by atoms with Crippen molar-refractivity contribution in [2.75, 3.05) is 39.8 Å². The Bertz CT molecular complexity index is 943. The molecule has 0 amide bonds. The fourth-order valence-corrected chi connectivity index (χ4v) is 4.58. The Morgan fingerprint density at radius 2 is 2.04 bits per heavy atom. The molecule has 0 aliphatic carbocycles. The van der Waals surface area contributed by atoms with Crippen molar-refractivity contribution in [3.8, 4) is 0 Å². The summed E-state index contributed by atoms with van der Waals surface area (Å²) in [5, 5.41) is 12.0. The van der Waals surface area contributed by atoms with E-state index in [-0.39, 0.29) is 0 Å². The Kier molecular flexibility index (Phi) is 6.09. The number of nitrogens with zero attached hydrogens (tertiary/aromatic N) is 6. The van der Waals surface area contributed by atoms with Gasteiger partial charge in [0.2, 0.25) is 0 Å². The Morgan fingerprint density at radius 3 is 2.79 bits per heavy atom. The number of pyridine rings is 1. The van der Waals surface area contributed by atoms with Crippen molar-refractivity contribution in [2.24, 2.45) is 4.99 Å². The second-order valence-corrected chi connectivity index (χ2v) is 8.54. The quantitative estimate of drug-likeness (QED) is 0.510. The van der Waals surface area contributed by atoms with E-state index < -0.39 is 0 Å². The molecule has 148 valence electrons. The average Bonchev–Trinajstić information content (AvgIpc) is 3.32. The fourth-order valence-electron chi connectivity index (χ4n) is 3.45. The van der Waals surface area contributed by atoms with Crippen LogP contribution in [0.15, 0.2) is 41.5 Å². The molecule has 7 nitrogen and oxygen atoms in total. The molecule has 1 N–H and O–H groups in total. The summed E-state index contributed by atoms with van der Waals surface area (Å²) in [4.78, 5) is 10.6. The zero-order valence-corrected chi connectivity index (χ0v) is 17.5. The molecule has 0 spiro atoms. The molecule has 1 aliphatic rings. The first-order chi connectivity index (χ1) is 13.7. The van der Waals surface area contributed by atoms with E-state index in [4.69, 9.17) is 11.6 Å². The molecule has 1 aliphatic heterocycles. The maximum Gasteiger partial charge on any atom is 0.193 e. The third-order valence-electron chi connectivity index (χ3n) is 4.91. The van der Waals surface area contributed by atoms with Gasteiger partial charge in [0.25, 0.3) is 0 Å². The summed E-state index contributed by atoms with van der Waals surface area (Å²) in [5.74, 6) is 1.91. The number of halogens is 1. The lowest BCUT2D eigenvalue weighted by atomic mass is 10.3. The lowest BCUT2D eigenvalue weighted by molar-refractivity contribution is 0.174. The smallest absolute Gasteiger partial charge is 0.193 e. The molecule has 0 bridgehead atoms. The zero-order chi connectivity index (χ0) is 19.3. The van der Waals surface area contributed by atoms with Gasteiger partial charge in [0.15, 0.2) is 11.6 Å². The first-order valence-electron chi connectivity index (χ1n) is 9.44. The standard InChI is InChI=1S/C19H24ClN7S/c1-21-19(22-8-7-18-24-23-17-4-2-3-9-27(17)18)26-12-10-25(11-13-26)14-15-5-6-16(20)28-15/h2-6,9H,7-8,10-14H2,1H3,(H,21,22). The van der Waals surface area contributed by atoms with Crippen molar-refractivity contribution >= 4 is 34.5 Å². The molecule has 1 fully saturated rings. The minimum absolute atomic E-state index is 0.774. The lowest BCUT2D eigenvalue weighted by Gasteiger charge is -2.36. The number of guanidine groups is 1. The maximum atomic E-state index is 6.04. The number of piperazine rings is 1. The topological polar surface area (TPSA) is 61.1 Å². The van der Waals surface area contributed by atoms with Crippen LogP contribution in [-0.2, 0) is 13.0 Å². The van der Waals surface area contributed by atoms with Gasteiger partial charge in [0, 0.05) is 63.8 Å². The summed E-state index contributed by atoms with van der Waals surface area (Å²) >= 11 is 7.70. The Hall–Kier alpha value is -2.16. The Labute approximate surface area is 173 Å². The number of thiophene rings is 1. The van der Waals surface area contributed by atoms with Gasteiger partial charge in [-0.15, -0.1) is 21.5 Å². The molecule has 0 saturated carbocycles. The summed E-state index contributed by atoms with van der Waals surface area (Å²) in [7, 11) is 1.84. The van der Waals surface area contributed by atoms with Crippen molar-refractivity contribution in [1.29, 1.82) is 0 Å². The van der Waals surface area contributed by atoms with Crippen LogP contribution in [-0.4, -0.2) is 70.1 Å². The molecule has 9 heteroatoms. The third kappa shape index (κ3) is 4.45. The molecular formula is C19H24ClN7S. The highest BCUT2D eigenvalue weighted by Gasteiger charge is 2.20. The first kappa shape index (κ1) is 19.2. The van der Waals surface area contributed by atoms with Crippen LogP contribution < -0.4 is 5.32 Å². The number of fused-ring (bicyclic) bond motifs is 1. The Morgan fingerprint density at radius 1 is 1.18 bits per heavy atom. The largest absolute Gasteiger partial charge is 0.356 e. The van der Waals surface area contributed by atoms with Crippen molar-refractivity contribution < 1.29 is 0 Å². The van der Waals surface area contributed by atoms with Gasteiger partial charge in [-0.25, -0.2) is 0 Å². The molecule has 4 rings (SSSR count). The molecule has 3 aromatic heterocycles. The number of hydrogen-bond donors (Lipinski definition) is 1. The van der Waals surface area contributed by atoms with Gasteiger partial charge in [-0.05, 0) is 24.3 Å². The molecule has 0 aromatic carbocycles. The average molecular weight is 418 g/mol. The third-order valence-corrected chi connectivity index (χ3v) is 6.12. The molecule has 0 radical (unpaired) electrons. The summed E-state index contributed by atoms with van der Waals surface area (Å²) in [6.45, 7) is 5.71. The molecule has 4 heterocycles. The molecule has 1 saturated heterocycles. The maximum absolute atomic E-state index is 6.04. The van der Waals surface area contributed by atoms with Crippen LogP contribution in [0, 0.1) is 0 Å². The molecular weight excluding hydrogens is 394 g/mol. The van der Waals surface area contributed by atoms with Crippen LogP contribution in [0.1, 0.15) is 10.7 Å². The van der Waals surface area contributed by atoms with Gasteiger partial charge in [-0.2, -0.15) is 0 Å². The van der Waals surface area contributed by atoms with E-state index in [0.29, 0.717) is 0 Å². The highest BCUT2D eigenvalue weighted by atomic mass is 35.5. The highest BCUT2D eigenvalue weighted by molar-refractivity contribution is 7.16. The number of aromatic nitrogens is 3. The van der Waals surface area contributed by atoms with E-state index in [1.807, 2.05) is 41.9 Å². The molecule has 3 aromatic rings. The monoisotopic (exact) mass is 417 g/mol. The van der Waals surface area contributed by atoms with E-state index >= 15 is 0 Å². The van der Waals surface area contributed by atoms with Gasteiger partial charge in [0.05, 0.1) is 4.34 Å². The van der Waals surface area contributed by atoms with Crippen molar-refractivity contribution in [3.63, 3.8) is 0 Å². The normalized spacial score (nSPS) is 16.1. The van der Waals surface area contributed by atoms with E-state index in [2.05, 4.69) is 36.4 Å². The minimum Gasteiger partial charge on any atom is -0.356 e. The summed E-state index contributed by atoms with van der Waals surface area (Å²) < 4.78 is 2.89. The summed E-state index contributed by atoms with van der Waals surface area (Å²) in [5.41, 5.74) is 0.880. The Balaban J connectivity index is 1.25. The zero-order valence-electron chi connectivity index (χ0n) is 15.9. The van der Waals surface area contributed by atoms with Crippen molar-refractivity contribution in [3.05, 3.63) is 51.6 Å². The fraction of sp³-hybridized carbons (Fsp3) is 0.421. The predicted molar refractivity (Wildman–Crippen MR) is 114 cm³/mol. The van der Waals surface area contributed by atoms with Gasteiger partial charge in [0.1, 0.15) is 5.82 Å². The van der Waals surface area contributed by atoms with Crippen LogP contribution in [0.25, 0.3) is 5.65 Å². The minimum atomic E-state index is 0.774. The second-order valence-electron chi connectivity index (χ2n) is 6.74. The second kappa shape index (κ2) is 8.89. The van der Waals surface area contributed by atoms with Gasteiger partial charge in [-0.3, -0.25) is 14.3 Å². The van der Waals surface area contributed by atoms with Crippen LogP contribution in [0.3, 0.4) is 0 Å². The summed E-state index contributed by atoms with van der Waals surface area (Å²) in [6.07, 6.45) is 2.79. The molecule has 0 unspecified atom stereocenters. The molecule has 0 atom stereocenters. The van der Waals surface area contributed by atoms with Crippen molar-refractivity contribution in [1.82, 2.24) is 29.7 Å². The van der Waals surface area contributed by atoms with E-state index in [1.54, 1.807) is 11.3 Å². The van der Waals surface area contributed by atoms with Crippen LogP contribution in [0.2, 0.25) is 4.34 Å². The number of aliphatic imine (C=N–C) groups is 1. The number of rotatable bonds is 5. The SMILES string of the molecule is CN=C(NCCc1nnc2ccccn12)N1CCN(Cc2ccc(Cl)s2)CC1. The van der Waals surface area contributed by atoms with Gasteiger partial charge >= 0.3 is 0 Å². The van der Waals surface area contributed by atoms with E-state index in [0.717, 1.165) is 67.5 Å². The highest BCUT2D eigenvalue weighted by Crippen LogP contribution is 2.23. The summed E-state index contributed by atoms with van der Waals surface area (Å²) in [6, 6.07) is 10.0. The van der Waals surface area contributed by atoms with Crippen LogP contribution in [0.4, 0.5) is 0 Å². The van der Waals surface area contributed by atoms with E-state index in [9.17, 15) is 0 Å². The van der Waals surface area contributed by atoms with Gasteiger partial charge < -0.3 is 10.2 Å². The van der Waals surface area contributed by atoms with Crippen LogP contribution in [0.5, 0.6) is 0 Å². The van der Waals surface area contributed by atoms with Gasteiger partial charge in [-0.1, -0.05) is 17.7 Å². The van der Waals surface area contributed by atoms with Crippen molar-refractivity contribution in [2.45, 2.75) is 13.0 Å². The predicted octanol–water partition coefficient (Wildman–Crippen LogP) is 2.38. The number of hydrogen-bond acceptors (Lipinski definition) is 5. The van der Waals surface area contributed by atoms with Crippen LogP contribution >= 0.6 is 22.9 Å². The lowest BCUT2D eigenvalue weighted by Crippen LogP contribution is -2.52. The van der Waals surface area contributed by atoms with E-state index in [1.165, 1.54) is 4.88 Å². The molecule has 28 heavy (non-hydrogen) atoms. The number of nitrogens with one attached hydrogen (secondary N) is 1.